The minimum Gasteiger partial charge on any atom is -0.497 e. The van der Waals surface area contributed by atoms with Crippen molar-refractivity contribution >= 4 is 13.3 Å². The molecule has 1 aromatic rings. The molecule has 15 heavy (non-hydrogen) atoms. The van der Waals surface area contributed by atoms with Crippen LogP contribution >= 0.6 is 0 Å². The van der Waals surface area contributed by atoms with Gasteiger partial charge in [-0.3, -0.25) is 0 Å². The first-order chi connectivity index (χ1) is 6.80. The second kappa shape index (κ2) is 4.01. The van der Waals surface area contributed by atoms with Gasteiger partial charge in [0.15, 0.2) is 0 Å². The van der Waals surface area contributed by atoms with Gasteiger partial charge in [0, 0.05) is 0 Å². The molecule has 0 amide bonds. The zero-order chi connectivity index (χ0) is 11.7. The van der Waals surface area contributed by atoms with Crippen LogP contribution in [0.25, 0.3) is 0 Å². The van der Waals surface area contributed by atoms with Gasteiger partial charge in [0.05, 0.1) is 15.2 Å². The van der Waals surface area contributed by atoms with Crippen LogP contribution in [0.5, 0.6) is 5.75 Å². The first kappa shape index (κ1) is 12.3. The molecule has 0 unspecified atom stereocenters. The second-order valence-electron chi connectivity index (χ2n) is 5.58. The fraction of sp³-hybridized carbons (Fsp3) is 0.538. The van der Waals surface area contributed by atoms with Gasteiger partial charge >= 0.3 is 0 Å². The largest absolute Gasteiger partial charge is 0.497 e. The molecule has 1 nitrogen and oxygen atoms in total. The fourth-order valence-corrected chi connectivity index (χ4v) is 3.69. The van der Waals surface area contributed by atoms with Gasteiger partial charge < -0.3 is 4.74 Å². The van der Waals surface area contributed by atoms with Gasteiger partial charge in [-0.15, -0.1) is 0 Å². The van der Waals surface area contributed by atoms with Crippen molar-refractivity contribution in [2.75, 3.05) is 7.11 Å². The fourth-order valence-electron chi connectivity index (χ4n) is 1.56. The van der Waals surface area contributed by atoms with E-state index in [0.717, 1.165) is 5.75 Å². The Hall–Kier alpha value is -0.763. The van der Waals surface area contributed by atoms with Gasteiger partial charge in [-0.25, -0.2) is 0 Å². The van der Waals surface area contributed by atoms with E-state index in [2.05, 4.69) is 52.1 Å². The Labute approximate surface area is 94.5 Å². The quantitative estimate of drug-likeness (QED) is 0.697. The Morgan fingerprint density at radius 1 is 1.07 bits per heavy atom. The lowest BCUT2D eigenvalue weighted by Gasteiger charge is -2.38. The molecule has 0 N–H and O–H groups in total. The molecular weight excluding hydrogens is 200 g/mol. The maximum atomic E-state index is 5.46. The van der Waals surface area contributed by atoms with Gasteiger partial charge in [-0.05, 0) is 16.3 Å². The smallest absolute Gasteiger partial charge is 0.118 e. The van der Waals surface area contributed by atoms with Crippen molar-refractivity contribution in [2.45, 2.75) is 38.9 Å². The van der Waals surface area contributed by atoms with Crippen LogP contribution in [0.4, 0.5) is 0 Å². The molecule has 1 aromatic carbocycles. The van der Waals surface area contributed by atoms with E-state index in [-0.39, 0.29) is 0 Å². The standard InChI is InChI=1S/C13H22OSi/c1-13(2,3)15(5,6)12-10-8-7-9-11(12)14-4/h7-10H,1-6H3. The van der Waals surface area contributed by atoms with E-state index in [1.165, 1.54) is 5.19 Å². The molecule has 0 aliphatic heterocycles. The molecular formula is C13H22OSi. The van der Waals surface area contributed by atoms with E-state index in [1.807, 2.05) is 6.07 Å². The predicted octanol–water partition coefficient (Wildman–Crippen LogP) is 3.41. The second-order valence-corrected chi connectivity index (χ2v) is 10.9. The Morgan fingerprint density at radius 3 is 2.07 bits per heavy atom. The SMILES string of the molecule is COc1ccccc1[Si](C)(C)C(C)(C)C. The molecule has 0 radical (unpaired) electrons. The zero-order valence-electron chi connectivity index (χ0n) is 10.7. The predicted molar refractivity (Wildman–Crippen MR) is 69.8 cm³/mol. The van der Waals surface area contributed by atoms with Crippen molar-refractivity contribution in [3.63, 3.8) is 0 Å². The van der Waals surface area contributed by atoms with Crippen molar-refractivity contribution in [1.82, 2.24) is 0 Å². The summed E-state index contributed by atoms with van der Waals surface area (Å²) in [7, 11) is 0.284. The van der Waals surface area contributed by atoms with Crippen LogP contribution in [0, 0.1) is 0 Å². The van der Waals surface area contributed by atoms with Crippen LogP contribution in [0.15, 0.2) is 24.3 Å². The van der Waals surface area contributed by atoms with Crippen LogP contribution in [-0.4, -0.2) is 15.2 Å². The monoisotopic (exact) mass is 222 g/mol. The van der Waals surface area contributed by atoms with Gasteiger partial charge in [0.1, 0.15) is 5.75 Å². The molecule has 0 atom stereocenters. The van der Waals surface area contributed by atoms with E-state index in [0.29, 0.717) is 5.04 Å². The molecule has 84 valence electrons. The molecule has 0 heterocycles. The van der Waals surface area contributed by atoms with Crippen LogP contribution < -0.4 is 9.92 Å². The third kappa shape index (κ3) is 2.25. The summed E-state index contributed by atoms with van der Waals surface area (Å²) in [5.41, 5.74) is 0. The summed E-state index contributed by atoms with van der Waals surface area (Å²) in [5, 5.41) is 1.77. The maximum Gasteiger partial charge on any atom is 0.118 e. The zero-order valence-corrected chi connectivity index (χ0v) is 11.7. The molecule has 2 heteroatoms. The maximum absolute atomic E-state index is 5.46. The van der Waals surface area contributed by atoms with Crippen LogP contribution in [-0.2, 0) is 0 Å². The Morgan fingerprint density at radius 2 is 1.60 bits per heavy atom. The third-order valence-electron chi connectivity index (χ3n) is 3.66. The molecule has 0 aliphatic rings. The number of hydrogen-bond donors (Lipinski definition) is 0. The molecule has 0 saturated carbocycles. The van der Waals surface area contributed by atoms with Crippen molar-refractivity contribution < 1.29 is 4.74 Å². The Kier molecular flexibility index (Phi) is 3.29. The summed E-state index contributed by atoms with van der Waals surface area (Å²) >= 11 is 0. The average molecular weight is 222 g/mol. The first-order valence-electron chi connectivity index (χ1n) is 5.44. The summed E-state index contributed by atoms with van der Waals surface area (Å²) in [6, 6.07) is 8.43. The van der Waals surface area contributed by atoms with Crippen LogP contribution in [0.1, 0.15) is 20.8 Å². The molecule has 0 aromatic heterocycles. The molecule has 0 saturated heterocycles. The minimum absolute atomic E-state index is 0.349. The Balaban J connectivity index is 3.26. The van der Waals surface area contributed by atoms with Gasteiger partial charge in [-0.1, -0.05) is 52.1 Å². The highest BCUT2D eigenvalue weighted by molar-refractivity contribution is 6.92. The molecule has 0 spiro atoms. The number of ether oxygens (including phenoxy) is 1. The number of benzene rings is 1. The summed E-state index contributed by atoms with van der Waals surface area (Å²) in [6.45, 7) is 11.8. The molecule has 0 fully saturated rings. The molecule has 0 bridgehead atoms. The van der Waals surface area contributed by atoms with E-state index in [1.54, 1.807) is 7.11 Å². The van der Waals surface area contributed by atoms with Gasteiger partial charge in [0.25, 0.3) is 0 Å². The molecule has 0 aliphatic carbocycles. The van der Waals surface area contributed by atoms with E-state index < -0.39 is 8.07 Å². The highest BCUT2D eigenvalue weighted by Crippen LogP contribution is 2.37. The lowest BCUT2D eigenvalue weighted by atomic mass is 10.2. The highest BCUT2D eigenvalue weighted by atomic mass is 28.3. The van der Waals surface area contributed by atoms with Gasteiger partial charge in [-0.2, -0.15) is 0 Å². The van der Waals surface area contributed by atoms with Gasteiger partial charge in [0.2, 0.25) is 0 Å². The van der Waals surface area contributed by atoms with Crippen LogP contribution in [0.3, 0.4) is 0 Å². The molecule has 1 rings (SSSR count). The summed E-state index contributed by atoms with van der Waals surface area (Å²) < 4.78 is 5.46. The average Bonchev–Trinajstić information content (AvgIpc) is 2.16. The number of rotatable bonds is 2. The highest BCUT2D eigenvalue weighted by Gasteiger charge is 2.38. The summed E-state index contributed by atoms with van der Waals surface area (Å²) in [5.74, 6) is 1.05. The lowest BCUT2D eigenvalue weighted by molar-refractivity contribution is 0.417. The number of hydrogen-bond acceptors (Lipinski definition) is 1. The number of methoxy groups -OCH3 is 1. The van der Waals surface area contributed by atoms with Crippen molar-refractivity contribution in [2.24, 2.45) is 0 Å². The van der Waals surface area contributed by atoms with E-state index in [4.69, 9.17) is 4.74 Å². The Bertz CT molecular complexity index is 337. The minimum atomic E-state index is -1.47. The number of para-hydroxylation sites is 1. The summed E-state index contributed by atoms with van der Waals surface area (Å²) in [6.07, 6.45) is 0. The lowest BCUT2D eigenvalue weighted by Crippen LogP contribution is -2.49. The normalized spacial score (nSPS) is 12.7. The summed E-state index contributed by atoms with van der Waals surface area (Å²) in [4.78, 5) is 0. The van der Waals surface area contributed by atoms with E-state index >= 15 is 0 Å². The van der Waals surface area contributed by atoms with Crippen molar-refractivity contribution in [3.8, 4) is 5.75 Å². The van der Waals surface area contributed by atoms with Crippen LogP contribution in [0.2, 0.25) is 18.1 Å². The van der Waals surface area contributed by atoms with Crippen molar-refractivity contribution in [1.29, 1.82) is 0 Å². The topological polar surface area (TPSA) is 9.23 Å². The first-order valence-corrected chi connectivity index (χ1v) is 8.44. The van der Waals surface area contributed by atoms with E-state index in [9.17, 15) is 0 Å². The third-order valence-corrected chi connectivity index (χ3v) is 9.17. The van der Waals surface area contributed by atoms with Crippen molar-refractivity contribution in [3.05, 3.63) is 24.3 Å².